The van der Waals surface area contributed by atoms with E-state index < -0.39 is 31.1 Å². The first kappa shape index (κ1) is 16.9. The van der Waals surface area contributed by atoms with Crippen LogP contribution in [-0.4, -0.2) is 59.8 Å². The maximum absolute atomic E-state index is 12.9. The third-order valence-electron chi connectivity index (χ3n) is 4.53. The lowest BCUT2D eigenvalue weighted by atomic mass is 10.1. The van der Waals surface area contributed by atoms with Gasteiger partial charge in [0.25, 0.3) is 5.56 Å². The highest BCUT2D eigenvalue weighted by Gasteiger charge is 2.44. The summed E-state index contributed by atoms with van der Waals surface area (Å²) in [5.74, 6) is 0. The molecule has 0 amide bonds. The summed E-state index contributed by atoms with van der Waals surface area (Å²) in [7, 11) is 0. The first-order valence-electron chi connectivity index (χ1n) is 8.20. The summed E-state index contributed by atoms with van der Waals surface area (Å²) in [6.07, 6.45) is -1.62. The van der Waals surface area contributed by atoms with Gasteiger partial charge in [0, 0.05) is 5.39 Å². The van der Waals surface area contributed by atoms with Crippen LogP contribution in [0.25, 0.3) is 10.9 Å². The maximum Gasteiger partial charge on any atom is 0.293 e. The van der Waals surface area contributed by atoms with Crippen LogP contribution in [0.4, 0.5) is 0 Å². The Morgan fingerprint density at radius 1 is 1.08 bits per heavy atom. The Kier molecular flexibility index (Phi) is 4.29. The van der Waals surface area contributed by atoms with Crippen LogP contribution in [0.15, 0.2) is 47.5 Å². The molecular weight excluding hydrogens is 340 g/mol. The quantitative estimate of drug-likeness (QED) is 0.561. The second-order valence-electron chi connectivity index (χ2n) is 6.21. The average Bonchev–Trinajstić information content (AvgIpc) is 3.20. The number of nitrogens with zero attached hydrogens (tertiary/aromatic N) is 4. The average molecular weight is 358 g/mol. The van der Waals surface area contributed by atoms with Crippen LogP contribution in [0.1, 0.15) is 11.8 Å². The predicted molar refractivity (Wildman–Crippen MR) is 90.3 cm³/mol. The summed E-state index contributed by atoms with van der Waals surface area (Å²) < 4.78 is 8.03. The molecule has 4 rings (SSSR count). The molecule has 9 heteroatoms. The van der Waals surface area contributed by atoms with E-state index in [4.69, 9.17) is 4.74 Å². The summed E-state index contributed by atoms with van der Waals surface area (Å²) in [5.41, 5.74) is 0.743. The minimum Gasteiger partial charge on any atom is -0.394 e. The standard InChI is InChI=1S/C17H18N4O5/c22-9-12-14(23)15(24)17(26-12)21-13-11(7-19-21)6-18-20(16(13)25)8-10-4-2-1-3-5-10/h1-7,12,14-15,17,22-24H,8-9H2/t12-,14-,15-,17-/m1/s1. The Morgan fingerprint density at radius 2 is 1.81 bits per heavy atom. The first-order valence-corrected chi connectivity index (χ1v) is 8.20. The molecule has 0 bridgehead atoms. The van der Waals surface area contributed by atoms with E-state index in [0.717, 1.165) is 5.56 Å². The van der Waals surface area contributed by atoms with E-state index in [9.17, 15) is 20.1 Å². The van der Waals surface area contributed by atoms with Gasteiger partial charge in [-0.05, 0) is 5.56 Å². The van der Waals surface area contributed by atoms with Crippen LogP contribution in [0, 0.1) is 0 Å². The minimum atomic E-state index is -1.31. The van der Waals surface area contributed by atoms with Crippen molar-refractivity contribution >= 4 is 10.9 Å². The van der Waals surface area contributed by atoms with E-state index >= 15 is 0 Å². The Balaban J connectivity index is 1.76. The molecule has 3 aromatic rings. The lowest BCUT2D eigenvalue weighted by Gasteiger charge is -2.16. The molecule has 0 unspecified atom stereocenters. The number of hydrogen-bond donors (Lipinski definition) is 3. The number of aliphatic hydroxyl groups is 3. The minimum absolute atomic E-state index is 0.214. The van der Waals surface area contributed by atoms with Gasteiger partial charge in [-0.25, -0.2) is 9.36 Å². The van der Waals surface area contributed by atoms with Crippen molar-refractivity contribution in [3.05, 3.63) is 58.6 Å². The van der Waals surface area contributed by atoms with Crippen LogP contribution in [0.2, 0.25) is 0 Å². The summed E-state index contributed by atoms with van der Waals surface area (Å²) in [6.45, 7) is -0.162. The highest BCUT2D eigenvalue weighted by molar-refractivity contribution is 5.76. The van der Waals surface area contributed by atoms with Gasteiger partial charge in [-0.2, -0.15) is 10.2 Å². The van der Waals surface area contributed by atoms with Gasteiger partial charge in [0.05, 0.1) is 25.5 Å². The lowest BCUT2D eigenvalue weighted by molar-refractivity contribution is -0.0565. The van der Waals surface area contributed by atoms with Crippen molar-refractivity contribution in [2.24, 2.45) is 0 Å². The van der Waals surface area contributed by atoms with Gasteiger partial charge in [-0.1, -0.05) is 30.3 Å². The number of ether oxygens (including phenoxy) is 1. The van der Waals surface area contributed by atoms with Crippen molar-refractivity contribution in [3.8, 4) is 0 Å². The summed E-state index contributed by atoms with van der Waals surface area (Å²) >= 11 is 0. The van der Waals surface area contributed by atoms with E-state index in [-0.39, 0.29) is 17.6 Å². The number of aromatic nitrogens is 4. The Bertz CT molecular complexity index is 970. The number of benzene rings is 1. The van der Waals surface area contributed by atoms with Crippen molar-refractivity contribution in [2.75, 3.05) is 6.61 Å². The fourth-order valence-electron chi connectivity index (χ4n) is 3.14. The number of fused-ring (bicyclic) bond motifs is 1. The normalized spacial score (nSPS) is 25.8. The molecule has 1 aromatic carbocycles. The van der Waals surface area contributed by atoms with Gasteiger partial charge >= 0.3 is 0 Å². The Hall–Kier alpha value is -2.59. The SMILES string of the molecule is O=c1c2c(cnn1Cc1ccccc1)cnn2[C@@H]1O[C@H](CO)[C@@H](O)[C@H]1O. The smallest absolute Gasteiger partial charge is 0.293 e. The molecule has 136 valence electrons. The third kappa shape index (κ3) is 2.71. The zero-order chi connectivity index (χ0) is 18.3. The molecule has 2 aromatic heterocycles. The second-order valence-corrected chi connectivity index (χ2v) is 6.21. The van der Waals surface area contributed by atoms with Gasteiger partial charge in [0.15, 0.2) is 6.23 Å². The number of rotatable bonds is 4. The van der Waals surface area contributed by atoms with E-state index in [2.05, 4.69) is 10.2 Å². The van der Waals surface area contributed by atoms with Crippen molar-refractivity contribution < 1.29 is 20.1 Å². The third-order valence-corrected chi connectivity index (χ3v) is 4.53. The number of aliphatic hydroxyl groups excluding tert-OH is 3. The molecule has 9 nitrogen and oxygen atoms in total. The van der Waals surface area contributed by atoms with Crippen molar-refractivity contribution in [1.82, 2.24) is 19.6 Å². The van der Waals surface area contributed by atoms with E-state index in [1.807, 2.05) is 30.3 Å². The molecule has 3 N–H and O–H groups in total. The lowest BCUT2D eigenvalue weighted by Crippen LogP contribution is -2.34. The van der Waals surface area contributed by atoms with Crippen LogP contribution >= 0.6 is 0 Å². The van der Waals surface area contributed by atoms with Crippen LogP contribution < -0.4 is 5.56 Å². The van der Waals surface area contributed by atoms with Gasteiger partial charge in [0.1, 0.15) is 23.8 Å². The highest BCUT2D eigenvalue weighted by Crippen LogP contribution is 2.30. The highest BCUT2D eigenvalue weighted by atomic mass is 16.6. The first-order chi connectivity index (χ1) is 12.6. The van der Waals surface area contributed by atoms with E-state index in [0.29, 0.717) is 5.39 Å². The van der Waals surface area contributed by atoms with Gasteiger partial charge in [0.2, 0.25) is 0 Å². The fraction of sp³-hybridized carbons (Fsp3) is 0.353. The van der Waals surface area contributed by atoms with Crippen molar-refractivity contribution in [2.45, 2.75) is 31.1 Å². The van der Waals surface area contributed by atoms with E-state index in [1.165, 1.54) is 21.8 Å². The zero-order valence-corrected chi connectivity index (χ0v) is 13.7. The van der Waals surface area contributed by atoms with E-state index in [1.54, 1.807) is 0 Å². The molecule has 0 spiro atoms. The maximum atomic E-state index is 12.9. The summed E-state index contributed by atoms with van der Waals surface area (Å²) in [6, 6.07) is 9.42. The molecule has 4 atom stereocenters. The van der Waals surface area contributed by atoms with Gasteiger partial charge < -0.3 is 20.1 Å². The molecule has 3 heterocycles. The Morgan fingerprint density at radius 3 is 2.50 bits per heavy atom. The molecule has 0 radical (unpaired) electrons. The van der Waals surface area contributed by atoms with Crippen molar-refractivity contribution in [3.63, 3.8) is 0 Å². The Labute approximate surface area is 147 Å². The van der Waals surface area contributed by atoms with Crippen molar-refractivity contribution in [1.29, 1.82) is 0 Å². The molecule has 1 aliphatic heterocycles. The zero-order valence-electron chi connectivity index (χ0n) is 13.7. The summed E-state index contributed by atoms with van der Waals surface area (Å²) in [5, 5.41) is 38.2. The molecular formula is C17H18N4O5. The fourth-order valence-corrected chi connectivity index (χ4v) is 3.14. The largest absolute Gasteiger partial charge is 0.394 e. The van der Waals surface area contributed by atoms with Crippen LogP contribution in [-0.2, 0) is 11.3 Å². The second kappa shape index (κ2) is 6.61. The molecule has 1 fully saturated rings. The summed E-state index contributed by atoms with van der Waals surface area (Å²) in [4.78, 5) is 12.9. The van der Waals surface area contributed by atoms with Gasteiger partial charge in [-0.3, -0.25) is 4.79 Å². The van der Waals surface area contributed by atoms with Crippen LogP contribution in [0.3, 0.4) is 0 Å². The van der Waals surface area contributed by atoms with Crippen LogP contribution in [0.5, 0.6) is 0 Å². The monoisotopic (exact) mass is 358 g/mol. The molecule has 0 saturated carbocycles. The molecule has 1 aliphatic rings. The molecule has 26 heavy (non-hydrogen) atoms. The molecule has 0 aliphatic carbocycles. The van der Waals surface area contributed by atoms with Gasteiger partial charge in [-0.15, -0.1) is 0 Å². The number of hydrogen-bond acceptors (Lipinski definition) is 7. The molecule has 1 saturated heterocycles. The topological polar surface area (TPSA) is 123 Å². The predicted octanol–water partition coefficient (Wildman–Crippen LogP) is -0.747.